The van der Waals surface area contributed by atoms with Crippen molar-refractivity contribution in [1.29, 1.82) is 0 Å². The van der Waals surface area contributed by atoms with Crippen molar-refractivity contribution in [2.45, 2.75) is 50.7 Å². The van der Waals surface area contributed by atoms with E-state index in [-0.39, 0.29) is 15.6 Å². The van der Waals surface area contributed by atoms with Crippen LogP contribution in [-0.4, -0.2) is 26.7 Å². The second-order valence-electron chi connectivity index (χ2n) is 7.87. The molecule has 0 aliphatic carbocycles. The number of sulfonamides is 1. The molecule has 0 saturated carbocycles. The van der Waals surface area contributed by atoms with Crippen molar-refractivity contribution in [3.63, 3.8) is 0 Å². The molecule has 0 bridgehead atoms. The SMILES string of the molecule is Cc1ccc(Cl)c(S(=O)(=O)Nc2ccc(B3OC(C)(C)C(C)(C)O3)cc2F)c1. The van der Waals surface area contributed by atoms with Crippen LogP contribution >= 0.6 is 11.6 Å². The largest absolute Gasteiger partial charge is 0.494 e. The number of rotatable bonds is 4. The van der Waals surface area contributed by atoms with Crippen LogP contribution in [0.2, 0.25) is 5.02 Å². The topological polar surface area (TPSA) is 64.6 Å². The van der Waals surface area contributed by atoms with E-state index in [0.29, 0.717) is 5.46 Å². The quantitative estimate of drug-likeness (QED) is 0.755. The summed E-state index contributed by atoms with van der Waals surface area (Å²) in [5, 5.41) is 0.0624. The number of halogens is 2. The van der Waals surface area contributed by atoms with Crippen LogP contribution in [0.15, 0.2) is 41.3 Å². The fourth-order valence-corrected chi connectivity index (χ4v) is 4.41. The second-order valence-corrected chi connectivity index (χ2v) is 9.92. The lowest BCUT2D eigenvalue weighted by molar-refractivity contribution is 0.00578. The molecule has 1 aliphatic heterocycles. The second kappa shape index (κ2) is 7.02. The normalized spacial score (nSPS) is 18.3. The van der Waals surface area contributed by atoms with Gasteiger partial charge in [0.15, 0.2) is 0 Å². The van der Waals surface area contributed by atoms with E-state index in [9.17, 15) is 12.8 Å². The molecule has 2 aromatic rings. The highest BCUT2D eigenvalue weighted by molar-refractivity contribution is 7.92. The van der Waals surface area contributed by atoms with Gasteiger partial charge in [0.1, 0.15) is 10.7 Å². The van der Waals surface area contributed by atoms with Gasteiger partial charge in [0.25, 0.3) is 10.0 Å². The van der Waals surface area contributed by atoms with Gasteiger partial charge >= 0.3 is 7.12 Å². The molecule has 0 aromatic heterocycles. The molecule has 1 aliphatic rings. The molecule has 0 spiro atoms. The molecule has 3 rings (SSSR count). The Morgan fingerprint density at radius 2 is 1.64 bits per heavy atom. The minimum atomic E-state index is -4.04. The van der Waals surface area contributed by atoms with Crippen LogP contribution in [0, 0.1) is 12.7 Å². The van der Waals surface area contributed by atoms with Gasteiger partial charge in [0, 0.05) is 0 Å². The molecule has 5 nitrogen and oxygen atoms in total. The molecule has 0 radical (unpaired) electrons. The van der Waals surface area contributed by atoms with Gasteiger partial charge in [0.05, 0.1) is 21.9 Å². The van der Waals surface area contributed by atoms with Crippen molar-refractivity contribution >= 4 is 39.9 Å². The smallest absolute Gasteiger partial charge is 0.399 e. The standard InChI is InChI=1S/C19H22BClFNO4S/c1-12-6-8-14(21)17(10-12)28(24,25)23-16-9-7-13(11-15(16)22)20-26-18(2,3)19(4,5)27-20/h6-11,23H,1-5H3. The first-order valence-electron chi connectivity index (χ1n) is 8.76. The van der Waals surface area contributed by atoms with Crippen molar-refractivity contribution in [3.8, 4) is 0 Å². The van der Waals surface area contributed by atoms with E-state index in [2.05, 4.69) is 4.72 Å². The van der Waals surface area contributed by atoms with Gasteiger partial charge in [-0.1, -0.05) is 23.7 Å². The van der Waals surface area contributed by atoms with Gasteiger partial charge in [-0.25, -0.2) is 12.8 Å². The molecule has 1 heterocycles. The highest BCUT2D eigenvalue weighted by Gasteiger charge is 2.51. The zero-order valence-electron chi connectivity index (χ0n) is 16.3. The summed E-state index contributed by atoms with van der Waals surface area (Å²) in [7, 11) is -4.78. The van der Waals surface area contributed by atoms with Gasteiger partial charge in [-0.15, -0.1) is 0 Å². The lowest BCUT2D eigenvalue weighted by Gasteiger charge is -2.32. The van der Waals surface area contributed by atoms with E-state index in [4.69, 9.17) is 20.9 Å². The number of benzene rings is 2. The summed E-state index contributed by atoms with van der Waals surface area (Å²) < 4.78 is 53.9. The predicted molar refractivity (Wildman–Crippen MR) is 109 cm³/mol. The number of anilines is 1. The molecule has 28 heavy (non-hydrogen) atoms. The number of aryl methyl sites for hydroxylation is 1. The molecule has 0 atom stereocenters. The molecule has 2 aromatic carbocycles. The summed E-state index contributed by atoms with van der Waals surface area (Å²) in [6.07, 6.45) is 0. The van der Waals surface area contributed by atoms with Gasteiger partial charge in [-0.05, 0) is 69.9 Å². The van der Waals surface area contributed by atoms with Crippen LogP contribution in [0.1, 0.15) is 33.3 Å². The minimum Gasteiger partial charge on any atom is -0.399 e. The van der Waals surface area contributed by atoms with E-state index in [1.165, 1.54) is 24.3 Å². The minimum absolute atomic E-state index is 0.0624. The Morgan fingerprint density at radius 1 is 1.04 bits per heavy atom. The first-order chi connectivity index (χ1) is 12.8. The zero-order chi connectivity index (χ0) is 20.9. The monoisotopic (exact) mass is 425 g/mol. The summed E-state index contributed by atoms with van der Waals surface area (Å²) in [6, 6.07) is 8.74. The Labute approximate surface area is 170 Å². The summed E-state index contributed by atoms with van der Waals surface area (Å²) in [5.74, 6) is -0.737. The lowest BCUT2D eigenvalue weighted by Crippen LogP contribution is -2.41. The van der Waals surface area contributed by atoms with Gasteiger partial charge < -0.3 is 9.31 Å². The third kappa shape index (κ3) is 3.92. The predicted octanol–water partition coefficient (Wildman–Crippen LogP) is 3.89. The first kappa shape index (κ1) is 21.1. The molecule has 0 unspecified atom stereocenters. The maximum absolute atomic E-state index is 14.6. The van der Waals surface area contributed by atoms with E-state index in [1.807, 2.05) is 27.7 Å². The van der Waals surface area contributed by atoms with Crippen LogP contribution in [-0.2, 0) is 19.3 Å². The van der Waals surface area contributed by atoms with E-state index >= 15 is 0 Å². The average Bonchev–Trinajstić information content (AvgIpc) is 2.79. The maximum atomic E-state index is 14.6. The lowest BCUT2D eigenvalue weighted by atomic mass is 9.79. The number of hydrogen-bond donors (Lipinski definition) is 1. The van der Waals surface area contributed by atoms with Crippen LogP contribution < -0.4 is 10.2 Å². The third-order valence-corrected chi connectivity index (χ3v) is 6.99. The summed E-state index contributed by atoms with van der Waals surface area (Å²) in [6.45, 7) is 9.35. The molecule has 9 heteroatoms. The van der Waals surface area contributed by atoms with Gasteiger partial charge in [-0.3, -0.25) is 4.72 Å². The van der Waals surface area contributed by atoms with Gasteiger partial charge in [0.2, 0.25) is 0 Å². The van der Waals surface area contributed by atoms with E-state index < -0.39 is 34.2 Å². The Morgan fingerprint density at radius 3 is 2.21 bits per heavy atom. The van der Waals surface area contributed by atoms with Crippen molar-refractivity contribution in [2.75, 3.05) is 4.72 Å². The average molecular weight is 426 g/mol. The Balaban J connectivity index is 1.87. The fraction of sp³-hybridized carbons (Fsp3) is 0.368. The number of hydrogen-bond acceptors (Lipinski definition) is 4. The Bertz CT molecular complexity index is 1010. The Kier molecular flexibility index (Phi) is 5.29. The maximum Gasteiger partial charge on any atom is 0.494 e. The number of nitrogens with one attached hydrogen (secondary N) is 1. The van der Waals surface area contributed by atoms with Crippen LogP contribution in [0.25, 0.3) is 0 Å². The zero-order valence-corrected chi connectivity index (χ0v) is 17.9. The third-order valence-electron chi connectivity index (χ3n) is 5.14. The summed E-state index contributed by atoms with van der Waals surface area (Å²) in [4.78, 5) is -0.108. The van der Waals surface area contributed by atoms with E-state index in [0.717, 1.165) is 5.56 Å². The van der Waals surface area contributed by atoms with Crippen LogP contribution in [0.5, 0.6) is 0 Å². The first-order valence-corrected chi connectivity index (χ1v) is 10.6. The molecular weight excluding hydrogens is 404 g/mol. The van der Waals surface area contributed by atoms with Crippen molar-refractivity contribution in [1.82, 2.24) is 0 Å². The molecule has 1 N–H and O–H groups in total. The van der Waals surface area contributed by atoms with E-state index in [1.54, 1.807) is 19.1 Å². The van der Waals surface area contributed by atoms with Crippen molar-refractivity contribution in [3.05, 3.63) is 52.8 Å². The molecular formula is C19H22BClFNO4S. The summed E-state index contributed by atoms with van der Waals surface area (Å²) in [5.41, 5.74) is -0.112. The van der Waals surface area contributed by atoms with Gasteiger partial charge in [-0.2, -0.15) is 0 Å². The Hall–Kier alpha value is -1.61. The fourth-order valence-electron chi connectivity index (χ4n) is 2.76. The highest BCUT2D eigenvalue weighted by Crippen LogP contribution is 2.36. The van der Waals surface area contributed by atoms with Crippen molar-refractivity contribution < 1.29 is 22.1 Å². The molecule has 150 valence electrons. The van der Waals surface area contributed by atoms with Crippen LogP contribution in [0.4, 0.5) is 10.1 Å². The molecule has 1 saturated heterocycles. The summed E-state index contributed by atoms with van der Waals surface area (Å²) >= 11 is 6.01. The molecule has 1 fully saturated rings. The highest BCUT2D eigenvalue weighted by atomic mass is 35.5. The van der Waals surface area contributed by atoms with Crippen molar-refractivity contribution in [2.24, 2.45) is 0 Å². The van der Waals surface area contributed by atoms with Crippen LogP contribution in [0.3, 0.4) is 0 Å². The molecule has 0 amide bonds.